The van der Waals surface area contributed by atoms with Crippen LogP contribution in [0.25, 0.3) is 22.0 Å². The number of methoxy groups -OCH3 is 1. The third kappa shape index (κ3) is 4.27. The first-order chi connectivity index (χ1) is 15.3. The van der Waals surface area contributed by atoms with Crippen molar-refractivity contribution in [1.82, 2.24) is 15.0 Å². The van der Waals surface area contributed by atoms with Crippen molar-refractivity contribution in [1.29, 1.82) is 0 Å². The fourth-order valence-electron chi connectivity index (χ4n) is 3.08. The standard InChI is InChI=1S/C21H17ClFN5O3S/c1-24-20-8-18-13(10-26-20)5-12(9-25-18)16-7-15(3-4-17(16)23)28-32(29,30)19-6-14(22)11-27-21(19)31-2/h3-11,28H,1-2H3,(H,24,26). The molecular formula is C21H17ClFN5O3S. The zero-order valence-electron chi connectivity index (χ0n) is 16.9. The van der Waals surface area contributed by atoms with Crippen LogP contribution in [-0.2, 0) is 10.0 Å². The maximum Gasteiger partial charge on any atom is 0.267 e. The van der Waals surface area contributed by atoms with Crippen molar-refractivity contribution in [2.45, 2.75) is 4.90 Å². The number of fused-ring (bicyclic) bond motifs is 1. The van der Waals surface area contributed by atoms with E-state index in [1.807, 2.05) is 0 Å². The Bertz CT molecular complexity index is 1430. The van der Waals surface area contributed by atoms with Crippen LogP contribution in [0, 0.1) is 5.82 Å². The van der Waals surface area contributed by atoms with Gasteiger partial charge in [-0.25, -0.2) is 22.8 Å². The largest absolute Gasteiger partial charge is 0.480 e. The summed E-state index contributed by atoms with van der Waals surface area (Å²) >= 11 is 5.90. The van der Waals surface area contributed by atoms with Gasteiger partial charge in [-0.05, 0) is 30.3 Å². The fourth-order valence-corrected chi connectivity index (χ4v) is 4.50. The van der Waals surface area contributed by atoms with Gasteiger partial charge in [-0.1, -0.05) is 11.6 Å². The van der Waals surface area contributed by atoms with Gasteiger partial charge in [0.05, 0.1) is 17.6 Å². The highest BCUT2D eigenvalue weighted by molar-refractivity contribution is 7.92. The number of ether oxygens (including phenoxy) is 1. The molecule has 32 heavy (non-hydrogen) atoms. The quantitative estimate of drug-likeness (QED) is 0.429. The summed E-state index contributed by atoms with van der Waals surface area (Å²) in [5.41, 5.74) is 1.48. The van der Waals surface area contributed by atoms with Crippen LogP contribution in [0.1, 0.15) is 0 Å². The minimum Gasteiger partial charge on any atom is -0.480 e. The van der Waals surface area contributed by atoms with E-state index in [9.17, 15) is 12.8 Å². The Morgan fingerprint density at radius 1 is 1.03 bits per heavy atom. The summed E-state index contributed by atoms with van der Waals surface area (Å²) < 4.78 is 47.8. The van der Waals surface area contributed by atoms with Gasteiger partial charge >= 0.3 is 0 Å². The van der Waals surface area contributed by atoms with Crippen molar-refractivity contribution in [2.75, 3.05) is 24.2 Å². The second-order valence-electron chi connectivity index (χ2n) is 6.70. The van der Waals surface area contributed by atoms with Gasteiger partial charge in [0.1, 0.15) is 11.6 Å². The van der Waals surface area contributed by atoms with Crippen molar-refractivity contribution in [3.63, 3.8) is 0 Å². The SMILES string of the molecule is CNc1cc2ncc(-c3cc(NS(=O)(=O)c4cc(Cl)cnc4OC)ccc3F)cc2cn1. The average Bonchev–Trinajstić information content (AvgIpc) is 2.79. The lowest BCUT2D eigenvalue weighted by atomic mass is 10.0. The summed E-state index contributed by atoms with van der Waals surface area (Å²) in [5.74, 6) is 0.0126. The fraction of sp³-hybridized carbons (Fsp3) is 0.0952. The number of halogens is 2. The minimum atomic E-state index is -4.11. The number of rotatable bonds is 6. The zero-order valence-corrected chi connectivity index (χ0v) is 18.5. The molecule has 0 unspecified atom stereocenters. The molecule has 3 aromatic heterocycles. The third-order valence-electron chi connectivity index (χ3n) is 4.62. The molecule has 8 nitrogen and oxygen atoms in total. The van der Waals surface area contributed by atoms with E-state index < -0.39 is 15.8 Å². The molecule has 0 saturated heterocycles. The zero-order chi connectivity index (χ0) is 22.9. The van der Waals surface area contributed by atoms with Crippen molar-refractivity contribution in [2.24, 2.45) is 0 Å². The minimum absolute atomic E-state index is 0.114. The number of hydrogen-bond acceptors (Lipinski definition) is 7. The molecule has 4 aromatic rings. The molecule has 0 aliphatic carbocycles. The molecule has 11 heteroatoms. The van der Waals surface area contributed by atoms with Gasteiger partial charge in [0, 0.05) is 53.9 Å². The lowest BCUT2D eigenvalue weighted by molar-refractivity contribution is 0.385. The number of benzene rings is 1. The second kappa shape index (κ2) is 8.56. The highest BCUT2D eigenvalue weighted by Gasteiger charge is 2.22. The van der Waals surface area contributed by atoms with Crippen LogP contribution >= 0.6 is 11.6 Å². The van der Waals surface area contributed by atoms with Gasteiger partial charge in [-0.2, -0.15) is 0 Å². The molecule has 0 fully saturated rings. The number of nitrogens with one attached hydrogen (secondary N) is 2. The number of pyridine rings is 3. The Morgan fingerprint density at radius 3 is 2.59 bits per heavy atom. The number of anilines is 2. The molecule has 4 rings (SSSR count). The van der Waals surface area contributed by atoms with Crippen LogP contribution in [0.15, 0.2) is 59.9 Å². The van der Waals surface area contributed by atoms with E-state index in [-0.39, 0.29) is 27.0 Å². The van der Waals surface area contributed by atoms with E-state index in [4.69, 9.17) is 16.3 Å². The molecule has 0 spiro atoms. The van der Waals surface area contributed by atoms with Gasteiger partial charge in [-0.15, -0.1) is 0 Å². The number of sulfonamides is 1. The molecule has 0 saturated carbocycles. The van der Waals surface area contributed by atoms with E-state index in [1.54, 1.807) is 25.4 Å². The molecule has 3 heterocycles. The summed E-state index contributed by atoms with van der Waals surface area (Å²) in [6, 6.07) is 8.60. The smallest absolute Gasteiger partial charge is 0.267 e. The molecule has 0 aliphatic rings. The predicted octanol–water partition coefficient (Wildman–Crippen LogP) is 4.34. The Labute approximate surface area is 188 Å². The van der Waals surface area contributed by atoms with Crippen molar-refractivity contribution in [3.8, 4) is 17.0 Å². The molecule has 164 valence electrons. The second-order valence-corrected chi connectivity index (χ2v) is 8.78. The monoisotopic (exact) mass is 473 g/mol. The molecule has 0 radical (unpaired) electrons. The van der Waals surface area contributed by atoms with Gasteiger partial charge < -0.3 is 10.1 Å². The van der Waals surface area contributed by atoms with E-state index in [2.05, 4.69) is 25.0 Å². The van der Waals surface area contributed by atoms with E-state index in [0.717, 1.165) is 0 Å². The van der Waals surface area contributed by atoms with Crippen LogP contribution in [-0.4, -0.2) is 37.5 Å². The molecule has 0 atom stereocenters. The normalized spacial score (nSPS) is 11.4. The highest BCUT2D eigenvalue weighted by atomic mass is 35.5. The lowest BCUT2D eigenvalue weighted by Crippen LogP contribution is -2.15. The van der Waals surface area contributed by atoms with Gasteiger partial charge in [0.25, 0.3) is 10.0 Å². The predicted molar refractivity (Wildman–Crippen MR) is 121 cm³/mol. The Morgan fingerprint density at radius 2 is 1.84 bits per heavy atom. The van der Waals surface area contributed by atoms with Gasteiger partial charge in [0.2, 0.25) is 5.88 Å². The molecule has 0 bridgehead atoms. The Hall–Kier alpha value is -3.50. The molecule has 0 amide bonds. The molecule has 1 aromatic carbocycles. The van der Waals surface area contributed by atoms with E-state index >= 15 is 0 Å². The van der Waals surface area contributed by atoms with Crippen LogP contribution in [0.2, 0.25) is 5.02 Å². The van der Waals surface area contributed by atoms with Crippen LogP contribution in [0.5, 0.6) is 5.88 Å². The Balaban J connectivity index is 1.72. The summed E-state index contributed by atoms with van der Waals surface area (Å²) in [6.07, 6.45) is 4.42. The number of hydrogen-bond donors (Lipinski definition) is 2. The van der Waals surface area contributed by atoms with Crippen molar-refractivity contribution in [3.05, 3.63) is 65.8 Å². The maximum atomic E-state index is 14.6. The first kappa shape index (κ1) is 21.7. The number of aromatic nitrogens is 3. The lowest BCUT2D eigenvalue weighted by Gasteiger charge is -2.13. The van der Waals surface area contributed by atoms with Crippen LogP contribution in [0.4, 0.5) is 15.9 Å². The molecule has 0 aliphatic heterocycles. The van der Waals surface area contributed by atoms with E-state index in [0.29, 0.717) is 22.3 Å². The number of nitrogens with zero attached hydrogens (tertiary/aromatic N) is 3. The summed E-state index contributed by atoms with van der Waals surface area (Å²) in [7, 11) is -1.06. The van der Waals surface area contributed by atoms with Crippen molar-refractivity contribution < 1.29 is 17.5 Å². The summed E-state index contributed by atoms with van der Waals surface area (Å²) in [5, 5.41) is 3.77. The topological polar surface area (TPSA) is 106 Å². The average molecular weight is 474 g/mol. The molecular weight excluding hydrogens is 457 g/mol. The molecule has 2 N–H and O–H groups in total. The van der Waals surface area contributed by atoms with Crippen LogP contribution < -0.4 is 14.8 Å². The first-order valence-electron chi connectivity index (χ1n) is 9.26. The van der Waals surface area contributed by atoms with E-state index in [1.165, 1.54) is 43.8 Å². The Kier molecular flexibility index (Phi) is 5.81. The first-order valence-corrected chi connectivity index (χ1v) is 11.1. The van der Waals surface area contributed by atoms with Crippen molar-refractivity contribution >= 4 is 44.0 Å². The highest BCUT2D eigenvalue weighted by Crippen LogP contribution is 2.31. The summed E-state index contributed by atoms with van der Waals surface area (Å²) in [6.45, 7) is 0. The van der Waals surface area contributed by atoms with Gasteiger partial charge in [0.15, 0.2) is 4.90 Å². The van der Waals surface area contributed by atoms with Crippen LogP contribution in [0.3, 0.4) is 0 Å². The summed E-state index contributed by atoms with van der Waals surface area (Å²) in [4.78, 5) is 12.2. The maximum absolute atomic E-state index is 14.6. The third-order valence-corrected chi connectivity index (χ3v) is 6.20. The van der Waals surface area contributed by atoms with Gasteiger partial charge in [-0.3, -0.25) is 9.71 Å².